The molecule has 1 aromatic carbocycles. The van der Waals surface area contributed by atoms with Gasteiger partial charge in [0.15, 0.2) is 12.6 Å². The molecular formula is C25H28FN5O2. The molecule has 2 N–H and O–H groups in total. The molecule has 0 saturated carbocycles. The number of halogens is 1. The molecule has 0 radical (unpaired) electrons. The summed E-state index contributed by atoms with van der Waals surface area (Å²) in [5.74, 6) is 0.872. The standard InChI is InChI=1S/C25H28FN5O2/c1-30(20-13-18-3-2-4-19(14-20)27-18)24-8-7-22(28-29-24)21-6-5-16(11-23(21)32)17-9-10-31(15-26)25(33)12-17/h5-12,18-20,27,32H,2-4,13-15H2,1H3/t18-,19+,20-. The van der Waals surface area contributed by atoms with E-state index in [9.17, 15) is 14.3 Å². The summed E-state index contributed by atoms with van der Waals surface area (Å²) in [6.07, 6.45) is 7.45. The van der Waals surface area contributed by atoms with Crippen molar-refractivity contribution in [2.24, 2.45) is 0 Å². The number of anilines is 1. The summed E-state index contributed by atoms with van der Waals surface area (Å²) in [5, 5.41) is 23.2. The molecule has 172 valence electrons. The quantitative estimate of drug-likeness (QED) is 0.618. The van der Waals surface area contributed by atoms with Crippen molar-refractivity contribution >= 4 is 5.82 Å². The predicted octanol–water partition coefficient (Wildman–Crippen LogP) is 3.71. The van der Waals surface area contributed by atoms with Crippen molar-refractivity contribution in [2.45, 2.75) is 57.0 Å². The van der Waals surface area contributed by atoms with Gasteiger partial charge in [0.25, 0.3) is 5.56 Å². The highest BCUT2D eigenvalue weighted by atomic mass is 19.1. The number of phenolic OH excluding ortho intramolecular Hbond substituents is 1. The van der Waals surface area contributed by atoms with Crippen molar-refractivity contribution in [1.29, 1.82) is 0 Å². The number of fused-ring (bicyclic) bond motifs is 2. The van der Waals surface area contributed by atoms with Crippen molar-refractivity contribution in [3.05, 3.63) is 59.0 Å². The van der Waals surface area contributed by atoms with Crippen molar-refractivity contribution in [3.8, 4) is 28.1 Å². The Hall–Kier alpha value is -3.26. The van der Waals surface area contributed by atoms with E-state index < -0.39 is 12.4 Å². The highest BCUT2D eigenvalue weighted by Crippen LogP contribution is 2.33. The number of rotatable bonds is 5. The third-order valence-corrected chi connectivity index (χ3v) is 6.98. The van der Waals surface area contributed by atoms with Crippen LogP contribution in [0.3, 0.4) is 0 Å². The third-order valence-electron chi connectivity index (χ3n) is 6.98. The van der Waals surface area contributed by atoms with Gasteiger partial charge in [-0.25, -0.2) is 4.39 Å². The Morgan fingerprint density at radius 1 is 1.09 bits per heavy atom. The average molecular weight is 450 g/mol. The first-order valence-corrected chi connectivity index (χ1v) is 11.4. The van der Waals surface area contributed by atoms with E-state index in [1.807, 2.05) is 12.1 Å². The first-order chi connectivity index (χ1) is 16.0. The van der Waals surface area contributed by atoms with E-state index in [1.165, 1.54) is 31.5 Å². The highest BCUT2D eigenvalue weighted by molar-refractivity contribution is 5.74. The summed E-state index contributed by atoms with van der Waals surface area (Å²) in [4.78, 5) is 14.1. The molecule has 5 rings (SSSR count). The maximum absolute atomic E-state index is 12.8. The van der Waals surface area contributed by atoms with Crippen molar-refractivity contribution in [3.63, 3.8) is 0 Å². The SMILES string of the molecule is CN(c1ccc(-c2ccc(-c3ccn(CF)c(=O)c3)cc2O)nn1)[C@@H]1C[C@H]2CCC[C@@H](C1)N2. The minimum Gasteiger partial charge on any atom is -0.507 e. The van der Waals surface area contributed by atoms with Crippen molar-refractivity contribution in [2.75, 3.05) is 11.9 Å². The molecule has 0 aliphatic carbocycles. The Bertz CT molecular complexity index is 1180. The van der Waals surface area contributed by atoms with E-state index in [0.29, 0.717) is 40.5 Å². The normalized spacial score (nSPS) is 22.2. The van der Waals surface area contributed by atoms with Crippen molar-refractivity contribution in [1.82, 2.24) is 20.1 Å². The number of hydrogen-bond donors (Lipinski definition) is 2. The lowest BCUT2D eigenvalue weighted by molar-refractivity contribution is 0.219. The molecule has 33 heavy (non-hydrogen) atoms. The van der Waals surface area contributed by atoms with Crippen LogP contribution in [0.15, 0.2) is 53.5 Å². The minimum atomic E-state index is -0.869. The lowest BCUT2D eigenvalue weighted by Crippen LogP contribution is -2.54. The van der Waals surface area contributed by atoms with Crippen LogP contribution in [0.25, 0.3) is 22.4 Å². The smallest absolute Gasteiger partial charge is 0.253 e. The molecule has 2 bridgehead atoms. The van der Waals surface area contributed by atoms with Crippen LogP contribution in [0.5, 0.6) is 5.75 Å². The van der Waals surface area contributed by atoms with Gasteiger partial charge in [0.2, 0.25) is 0 Å². The largest absolute Gasteiger partial charge is 0.507 e. The summed E-state index contributed by atoms with van der Waals surface area (Å²) in [6.45, 7) is -0.869. The number of nitrogens with one attached hydrogen (secondary N) is 1. The lowest BCUT2D eigenvalue weighted by Gasteiger charge is -2.43. The molecule has 0 unspecified atom stereocenters. The number of hydrogen-bond acceptors (Lipinski definition) is 6. The van der Waals surface area contributed by atoms with E-state index in [2.05, 4.69) is 27.5 Å². The number of phenols is 1. The molecule has 2 fully saturated rings. The summed E-state index contributed by atoms with van der Waals surface area (Å²) in [7, 11) is 2.08. The summed E-state index contributed by atoms with van der Waals surface area (Å²) in [5.41, 5.74) is 1.99. The second-order valence-corrected chi connectivity index (χ2v) is 9.08. The topological polar surface area (TPSA) is 83.3 Å². The number of alkyl halides is 1. The van der Waals surface area contributed by atoms with E-state index in [4.69, 9.17) is 0 Å². The monoisotopic (exact) mass is 449 g/mol. The van der Waals surface area contributed by atoms with Crippen LogP contribution in [0.4, 0.5) is 10.2 Å². The van der Waals surface area contributed by atoms with Crippen LogP contribution in [0.2, 0.25) is 0 Å². The van der Waals surface area contributed by atoms with E-state index >= 15 is 0 Å². The molecule has 8 heteroatoms. The van der Waals surface area contributed by atoms with Crippen LogP contribution in [-0.4, -0.2) is 45.0 Å². The van der Waals surface area contributed by atoms with Gasteiger partial charge in [0.1, 0.15) is 5.75 Å². The average Bonchev–Trinajstić information content (AvgIpc) is 2.83. The molecule has 2 aliphatic rings. The Balaban J connectivity index is 1.33. The van der Waals surface area contributed by atoms with Gasteiger partial charge >= 0.3 is 0 Å². The Morgan fingerprint density at radius 2 is 1.85 bits per heavy atom. The Kier molecular flexibility index (Phi) is 5.85. The van der Waals surface area contributed by atoms with Crippen LogP contribution in [0, 0.1) is 0 Å². The summed E-state index contributed by atoms with van der Waals surface area (Å²) < 4.78 is 13.7. The maximum atomic E-state index is 12.8. The Morgan fingerprint density at radius 3 is 2.48 bits per heavy atom. The highest BCUT2D eigenvalue weighted by Gasteiger charge is 2.33. The molecule has 2 aromatic heterocycles. The molecule has 7 nitrogen and oxygen atoms in total. The first-order valence-electron chi connectivity index (χ1n) is 11.4. The summed E-state index contributed by atoms with van der Waals surface area (Å²) >= 11 is 0. The second kappa shape index (κ2) is 8.94. The number of piperidine rings is 2. The fraction of sp³-hybridized carbons (Fsp3) is 0.400. The predicted molar refractivity (Wildman–Crippen MR) is 126 cm³/mol. The molecule has 3 atom stereocenters. The van der Waals surface area contributed by atoms with Crippen LogP contribution >= 0.6 is 0 Å². The first kappa shape index (κ1) is 21.6. The molecule has 2 saturated heterocycles. The molecule has 3 aromatic rings. The number of nitrogens with zero attached hydrogens (tertiary/aromatic N) is 4. The Labute approximate surface area is 191 Å². The fourth-order valence-electron chi connectivity index (χ4n) is 5.11. The van der Waals surface area contributed by atoms with Gasteiger partial charge in [0.05, 0.1) is 5.69 Å². The number of benzene rings is 1. The van der Waals surface area contributed by atoms with Gasteiger partial charge in [-0.3, -0.25) is 9.36 Å². The molecule has 0 spiro atoms. The summed E-state index contributed by atoms with van der Waals surface area (Å²) in [6, 6.07) is 13.6. The lowest BCUT2D eigenvalue weighted by atomic mass is 9.83. The van der Waals surface area contributed by atoms with E-state index in [1.54, 1.807) is 24.3 Å². The van der Waals surface area contributed by atoms with E-state index in [-0.39, 0.29) is 5.75 Å². The van der Waals surface area contributed by atoms with Gasteiger partial charge in [-0.05, 0) is 67.1 Å². The second-order valence-electron chi connectivity index (χ2n) is 9.08. The zero-order valence-corrected chi connectivity index (χ0v) is 18.6. The van der Waals surface area contributed by atoms with Crippen LogP contribution < -0.4 is 15.8 Å². The number of pyridine rings is 1. The fourth-order valence-corrected chi connectivity index (χ4v) is 5.11. The maximum Gasteiger partial charge on any atom is 0.253 e. The van der Waals surface area contributed by atoms with Gasteiger partial charge in [-0.1, -0.05) is 12.5 Å². The molecule has 4 heterocycles. The van der Waals surface area contributed by atoms with E-state index in [0.717, 1.165) is 23.2 Å². The zero-order valence-electron chi connectivity index (χ0n) is 18.6. The van der Waals surface area contributed by atoms with Gasteiger partial charge < -0.3 is 15.3 Å². The number of aromatic nitrogens is 3. The van der Waals surface area contributed by atoms with Gasteiger partial charge in [-0.2, -0.15) is 0 Å². The molecular weight excluding hydrogens is 421 g/mol. The third kappa shape index (κ3) is 4.35. The zero-order chi connectivity index (χ0) is 22.9. The minimum absolute atomic E-state index is 0.0451. The van der Waals surface area contributed by atoms with Crippen molar-refractivity contribution < 1.29 is 9.50 Å². The number of aromatic hydroxyl groups is 1. The van der Waals surface area contributed by atoms with Crippen LogP contribution in [-0.2, 0) is 6.80 Å². The van der Waals surface area contributed by atoms with Crippen LogP contribution in [0.1, 0.15) is 32.1 Å². The van der Waals surface area contributed by atoms with Gasteiger partial charge in [-0.15, -0.1) is 10.2 Å². The molecule has 2 aliphatic heterocycles. The van der Waals surface area contributed by atoms with Gasteiger partial charge in [0, 0.05) is 43.0 Å². The molecule has 0 amide bonds.